The molecule has 2 aromatic carbocycles. The van der Waals surface area contributed by atoms with Crippen LogP contribution in [-0.4, -0.2) is 25.1 Å². The van der Waals surface area contributed by atoms with E-state index in [1.807, 2.05) is 13.0 Å². The summed E-state index contributed by atoms with van der Waals surface area (Å²) in [6, 6.07) is 14.7. The van der Waals surface area contributed by atoms with Crippen molar-refractivity contribution in [3.05, 3.63) is 59.2 Å². The largest absolute Gasteiger partial charge is 0.481 e. The van der Waals surface area contributed by atoms with Gasteiger partial charge in [-0.1, -0.05) is 25.1 Å². The molecular formula is C25H34N2O2. The average molecular weight is 395 g/mol. The molecule has 29 heavy (non-hydrogen) atoms. The molecule has 1 amide bonds. The number of hydrogen-bond donors (Lipinski definition) is 1. The summed E-state index contributed by atoms with van der Waals surface area (Å²) >= 11 is 0. The maximum atomic E-state index is 12.7. The Kier molecular flexibility index (Phi) is 7.56. The van der Waals surface area contributed by atoms with E-state index in [2.05, 4.69) is 60.5 Å². The van der Waals surface area contributed by atoms with Gasteiger partial charge < -0.3 is 15.0 Å². The summed E-state index contributed by atoms with van der Waals surface area (Å²) in [7, 11) is 0. The van der Waals surface area contributed by atoms with Gasteiger partial charge in [0.15, 0.2) is 6.10 Å². The summed E-state index contributed by atoms with van der Waals surface area (Å²) in [5.41, 5.74) is 5.11. The third-order valence-corrected chi connectivity index (χ3v) is 5.79. The fraction of sp³-hybridized carbons (Fsp3) is 0.480. The highest BCUT2D eigenvalue weighted by Gasteiger charge is 2.19. The maximum Gasteiger partial charge on any atom is 0.261 e. The highest BCUT2D eigenvalue weighted by atomic mass is 16.5. The number of hydrogen-bond acceptors (Lipinski definition) is 3. The van der Waals surface area contributed by atoms with Crippen LogP contribution in [0.15, 0.2) is 42.5 Å². The van der Waals surface area contributed by atoms with Crippen LogP contribution in [0, 0.1) is 0 Å². The van der Waals surface area contributed by atoms with Gasteiger partial charge in [0.25, 0.3) is 5.91 Å². The molecule has 0 radical (unpaired) electrons. The Morgan fingerprint density at radius 2 is 1.69 bits per heavy atom. The van der Waals surface area contributed by atoms with E-state index in [0.717, 1.165) is 37.2 Å². The smallest absolute Gasteiger partial charge is 0.261 e. The van der Waals surface area contributed by atoms with Crippen molar-refractivity contribution in [1.82, 2.24) is 5.32 Å². The first kappa shape index (κ1) is 21.2. The molecule has 0 bridgehead atoms. The van der Waals surface area contributed by atoms with Gasteiger partial charge in [0, 0.05) is 25.3 Å². The number of nitrogens with one attached hydrogen (secondary N) is 1. The predicted molar refractivity (Wildman–Crippen MR) is 120 cm³/mol. The molecule has 1 N–H and O–H groups in total. The van der Waals surface area contributed by atoms with Gasteiger partial charge in [0.05, 0.1) is 0 Å². The molecule has 0 saturated heterocycles. The summed E-state index contributed by atoms with van der Waals surface area (Å²) in [5.74, 6) is 0.745. The topological polar surface area (TPSA) is 41.6 Å². The fourth-order valence-electron chi connectivity index (χ4n) is 3.99. The summed E-state index contributed by atoms with van der Waals surface area (Å²) in [6.45, 7) is 8.80. The molecule has 0 saturated carbocycles. The highest BCUT2D eigenvalue weighted by molar-refractivity contribution is 5.81. The summed E-state index contributed by atoms with van der Waals surface area (Å²) < 4.78 is 6.04. The number of benzene rings is 2. The SMILES string of the molecule is CC[C@@H](Oc1ccc2c(c1)CCCC2)C(=O)NCc1ccc(N(CC)CC)cc1. The van der Waals surface area contributed by atoms with E-state index >= 15 is 0 Å². The second kappa shape index (κ2) is 10.3. The number of amides is 1. The van der Waals surface area contributed by atoms with Gasteiger partial charge >= 0.3 is 0 Å². The van der Waals surface area contributed by atoms with E-state index in [9.17, 15) is 4.79 Å². The molecule has 4 nitrogen and oxygen atoms in total. The van der Waals surface area contributed by atoms with E-state index in [1.54, 1.807) is 0 Å². The lowest BCUT2D eigenvalue weighted by Crippen LogP contribution is -2.37. The van der Waals surface area contributed by atoms with Crippen molar-refractivity contribution in [2.45, 2.75) is 65.5 Å². The van der Waals surface area contributed by atoms with Gasteiger partial charge in [0.1, 0.15) is 5.75 Å². The lowest BCUT2D eigenvalue weighted by atomic mass is 9.92. The minimum atomic E-state index is -0.466. The minimum absolute atomic E-state index is 0.0574. The second-order valence-corrected chi connectivity index (χ2v) is 7.71. The zero-order chi connectivity index (χ0) is 20.6. The van der Waals surface area contributed by atoms with Crippen LogP contribution in [0.4, 0.5) is 5.69 Å². The van der Waals surface area contributed by atoms with Crippen LogP contribution in [0.3, 0.4) is 0 Å². The number of rotatable bonds is 9. The molecule has 156 valence electrons. The van der Waals surface area contributed by atoms with Crippen LogP contribution >= 0.6 is 0 Å². The van der Waals surface area contributed by atoms with Gasteiger partial charge in [-0.15, -0.1) is 0 Å². The first-order valence-electron chi connectivity index (χ1n) is 11.0. The number of carbonyl (C=O) groups excluding carboxylic acids is 1. The first-order chi connectivity index (χ1) is 14.1. The van der Waals surface area contributed by atoms with Gasteiger partial charge in [-0.25, -0.2) is 0 Å². The number of ether oxygens (including phenoxy) is 1. The lowest BCUT2D eigenvalue weighted by Gasteiger charge is -2.21. The third kappa shape index (κ3) is 5.53. The number of carbonyl (C=O) groups is 1. The summed E-state index contributed by atoms with van der Waals surface area (Å²) in [4.78, 5) is 15.0. The molecule has 2 aromatic rings. The zero-order valence-electron chi connectivity index (χ0n) is 18.0. The Balaban J connectivity index is 1.56. The van der Waals surface area contributed by atoms with Crippen LogP contribution in [-0.2, 0) is 24.2 Å². The number of nitrogens with zero attached hydrogens (tertiary/aromatic N) is 1. The zero-order valence-corrected chi connectivity index (χ0v) is 18.0. The molecule has 1 atom stereocenters. The van der Waals surface area contributed by atoms with Crippen molar-refractivity contribution in [3.63, 3.8) is 0 Å². The summed E-state index contributed by atoms with van der Waals surface area (Å²) in [5, 5.41) is 3.03. The van der Waals surface area contributed by atoms with Crippen molar-refractivity contribution < 1.29 is 9.53 Å². The second-order valence-electron chi connectivity index (χ2n) is 7.71. The number of anilines is 1. The van der Waals surface area contributed by atoms with E-state index in [-0.39, 0.29) is 5.91 Å². The van der Waals surface area contributed by atoms with Crippen molar-refractivity contribution in [2.24, 2.45) is 0 Å². The third-order valence-electron chi connectivity index (χ3n) is 5.79. The fourth-order valence-corrected chi connectivity index (χ4v) is 3.99. The van der Waals surface area contributed by atoms with Crippen LogP contribution in [0.2, 0.25) is 0 Å². The monoisotopic (exact) mass is 394 g/mol. The molecule has 0 fully saturated rings. The van der Waals surface area contributed by atoms with Gasteiger partial charge in [-0.3, -0.25) is 4.79 Å². The van der Waals surface area contributed by atoms with Crippen molar-refractivity contribution in [3.8, 4) is 5.75 Å². The molecule has 0 spiro atoms. The van der Waals surface area contributed by atoms with Crippen LogP contribution in [0.25, 0.3) is 0 Å². The normalized spacial score (nSPS) is 14.0. The van der Waals surface area contributed by atoms with Gasteiger partial charge in [-0.05, 0) is 86.9 Å². The van der Waals surface area contributed by atoms with E-state index < -0.39 is 6.10 Å². The van der Waals surface area contributed by atoms with E-state index in [4.69, 9.17) is 4.74 Å². The lowest BCUT2D eigenvalue weighted by molar-refractivity contribution is -0.128. The Hall–Kier alpha value is -2.49. The van der Waals surface area contributed by atoms with E-state index in [1.165, 1.54) is 29.7 Å². The summed E-state index contributed by atoms with van der Waals surface area (Å²) in [6.07, 6.45) is 4.94. The van der Waals surface area contributed by atoms with Crippen LogP contribution in [0.5, 0.6) is 5.75 Å². The maximum absolute atomic E-state index is 12.7. The first-order valence-corrected chi connectivity index (χ1v) is 11.0. The van der Waals surface area contributed by atoms with E-state index in [0.29, 0.717) is 13.0 Å². The minimum Gasteiger partial charge on any atom is -0.481 e. The Labute approximate surface area is 175 Å². The standard InChI is InChI=1S/C25H34N2O2/c1-4-24(29-23-16-13-20-9-7-8-10-21(20)17-23)25(28)26-18-19-11-14-22(15-12-19)27(5-2)6-3/h11-17,24H,4-10,18H2,1-3H3,(H,26,28)/t24-/m1/s1. The van der Waals surface area contributed by atoms with Gasteiger partial charge in [0.2, 0.25) is 0 Å². The van der Waals surface area contributed by atoms with Crippen LogP contribution in [0.1, 0.15) is 56.7 Å². The van der Waals surface area contributed by atoms with Crippen molar-refractivity contribution in [1.29, 1.82) is 0 Å². The number of aryl methyl sites for hydroxylation is 2. The molecular weight excluding hydrogens is 360 g/mol. The molecule has 0 aliphatic heterocycles. The van der Waals surface area contributed by atoms with Crippen molar-refractivity contribution in [2.75, 3.05) is 18.0 Å². The Morgan fingerprint density at radius 1 is 1.00 bits per heavy atom. The molecule has 4 heteroatoms. The molecule has 1 aliphatic rings. The average Bonchev–Trinajstić information content (AvgIpc) is 2.77. The quantitative estimate of drug-likeness (QED) is 0.659. The van der Waals surface area contributed by atoms with Crippen molar-refractivity contribution >= 4 is 11.6 Å². The molecule has 3 rings (SSSR count). The Morgan fingerprint density at radius 3 is 2.34 bits per heavy atom. The van der Waals surface area contributed by atoms with Gasteiger partial charge in [-0.2, -0.15) is 0 Å². The molecule has 1 aliphatic carbocycles. The molecule has 0 unspecified atom stereocenters. The highest BCUT2D eigenvalue weighted by Crippen LogP contribution is 2.26. The molecule has 0 aromatic heterocycles. The predicted octanol–water partition coefficient (Wildman–Crippen LogP) is 4.89. The molecule has 0 heterocycles. The Bertz CT molecular complexity index is 797. The van der Waals surface area contributed by atoms with Crippen LogP contribution < -0.4 is 15.0 Å². The number of fused-ring (bicyclic) bond motifs is 1.